The third kappa shape index (κ3) is 8.27. The van der Waals surface area contributed by atoms with Crippen molar-refractivity contribution >= 4 is 5.91 Å². The minimum atomic E-state index is -1.15. The molecule has 2 heterocycles. The number of amides is 1. The van der Waals surface area contributed by atoms with Gasteiger partial charge in [-0.3, -0.25) is 15.0 Å². The van der Waals surface area contributed by atoms with Gasteiger partial charge in [0.15, 0.2) is 0 Å². The molecule has 0 aromatic rings. The summed E-state index contributed by atoms with van der Waals surface area (Å²) in [5, 5.41) is 13.6. The fourth-order valence-corrected chi connectivity index (χ4v) is 6.50. The largest absolute Gasteiger partial charge is 0.355 e. The van der Waals surface area contributed by atoms with E-state index in [-0.39, 0.29) is 36.7 Å². The van der Waals surface area contributed by atoms with Gasteiger partial charge in [0.25, 0.3) is 0 Å². The van der Waals surface area contributed by atoms with Crippen LogP contribution in [0, 0.1) is 11.8 Å². The Hall–Kier alpha value is -0.950. The number of halogens is 2. The molecule has 4 fully saturated rings. The van der Waals surface area contributed by atoms with Crippen LogP contribution in [0.1, 0.15) is 57.8 Å². The fraction of sp³-hybridized carbons (Fsp3) is 0.962. The van der Waals surface area contributed by atoms with E-state index < -0.39 is 18.3 Å². The van der Waals surface area contributed by atoms with Gasteiger partial charge in [-0.1, -0.05) is 6.42 Å². The zero-order chi connectivity index (χ0) is 26.2. The summed E-state index contributed by atoms with van der Waals surface area (Å²) in [6.07, 6.45) is 5.34. The number of hydrogen-bond donors (Lipinski definition) is 6. The van der Waals surface area contributed by atoms with Crippen LogP contribution in [-0.2, 0) is 4.79 Å². The Morgan fingerprint density at radius 1 is 1.03 bits per heavy atom. The predicted molar refractivity (Wildman–Crippen MR) is 142 cm³/mol. The number of nitrogens with zero attached hydrogens (tertiary/aromatic N) is 2. The van der Waals surface area contributed by atoms with Gasteiger partial charge in [0, 0.05) is 50.2 Å². The van der Waals surface area contributed by atoms with Crippen LogP contribution in [0.5, 0.6) is 0 Å². The molecule has 0 aromatic carbocycles. The lowest BCUT2D eigenvalue weighted by atomic mass is 9.84. The first kappa shape index (κ1) is 29.0. The first-order valence-electron chi connectivity index (χ1n) is 14.6. The maximum Gasteiger partial charge on any atom is 0.223 e. The fourth-order valence-electron chi connectivity index (χ4n) is 6.50. The first-order chi connectivity index (χ1) is 17.9. The van der Waals surface area contributed by atoms with Crippen molar-refractivity contribution in [2.45, 2.75) is 94.5 Å². The van der Waals surface area contributed by atoms with E-state index in [4.69, 9.17) is 0 Å². The van der Waals surface area contributed by atoms with Crippen LogP contribution in [0.2, 0.25) is 0 Å². The molecule has 0 aromatic heterocycles. The highest BCUT2D eigenvalue weighted by molar-refractivity contribution is 5.78. The van der Waals surface area contributed by atoms with E-state index in [9.17, 15) is 13.6 Å². The monoisotopic (exact) mass is 528 g/mol. The molecule has 11 heteroatoms. The third-order valence-electron chi connectivity index (χ3n) is 8.73. The molecule has 37 heavy (non-hydrogen) atoms. The lowest BCUT2D eigenvalue weighted by Gasteiger charge is -2.37. The van der Waals surface area contributed by atoms with Crippen LogP contribution in [0.3, 0.4) is 0 Å². The van der Waals surface area contributed by atoms with Crippen LogP contribution in [0.25, 0.3) is 0 Å². The van der Waals surface area contributed by atoms with Gasteiger partial charge in [0.05, 0.1) is 12.3 Å². The maximum absolute atomic E-state index is 14.2. The van der Waals surface area contributed by atoms with E-state index in [1.54, 1.807) is 0 Å². The van der Waals surface area contributed by atoms with Crippen molar-refractivity contribution in [2.75, 3.05) is 53.5 Å². The summed E-state index contributed by atoms with van der Waals surface area (Å²) in [6.45, 7) is 4.82. The normalized spacial score (nSPS) is 37.6. The number of carbonyl (C=O) groups is 1. The maximum atomic E-state index is 14.2. The summed E-state index contributed by atoms with van der Waals surface area (Å²) in [5.74, 6) is -0.833. The molecule has 0 bridgehead atoms. The average molecular weight is 529 g/mol. The highest BCUT2D eigenvalue weighted by atomic mass is 19.1. The Morgan fingerprint density at radius 2 is 1.81 bits per heavy atom. The molecule has 7 atom stereocenters. The molecule has 2 saturated heterocycles. The first-order valence-corrected chi connectivity index (χ1v) is 14.6. The van der Waals surface area contributed by atoms with Crippen molar-refractivity contribution in [3.63, 3.8) is 0 Å². The van der Waals surface area contributed by atoms with Crippen molar-refractivity contribution in [2.24, 2.45) is 11.8 Å². The van der Waals surface area contributed by atoms with Crippen LogP contribution in [-0.4, -0.2) is 106 Å². The number of rotatable bonds is 11. The Balaban J connectivity index is 1.25. The van der Waals surface area contributed by atoms with Gasteiger partial charge in [-0.25, -0.2) is 19.6 Å². The Kier molecular flexibility index (Phi) is 11.3. The van der Waals surface area contributed by atoms with Gasteiger partial charge in [0.2, 0.25) is 5.91 Å². The molecule has 2 aliphatic heterocycles. The van der Waals surface area contributed by atoms with Crippen molar-refractivity contribution in [3.8, 4) is 0 Å². The molecule has 6 N–H and O–H groups in total. The molecule has 4 rings (SSSR count). The molecule has 7 unspecified atom stereocenters. The molecule has 0 radical (unpaired) electrons. The van der Waals surface area contributed by atoms with Gasteiger partial charge >= 0.3 is 0 Å². The molecular weight excluding hydrogens is 478 g/mol. The Morgan fingerprint density at radius 3 is 2.54 bits per heavy atom. The van der Waals surface area contributed by atoms with E-state index >= 15 is 0 Å². The van der Waals surface area contributed by atoms with Crippen molar-refractivity contribution in [1.82, 2.24) is 41.9 Å². The van der Waals surface area contributed by atoms with Crippen LogP contribution in [0.4, 0.5) is 8.78 Å². The predicted octanol–water partition coefficient (Wildman–Crippen LogP) is 0.650. The van der Waals surface area contributed by atoms with Gasteiger partial charge in [0.1, 0.15) is 12.3 Å². The quantitative estimate of drug-likeness (QED) is 0.233. The Labute approximate surface area is 221 Å². The zero-order valence-corrected chi connectivity index (χ0v) is 22.8. The molecular formula is C26H50F2N8O. The molecule has 0 spiro atoms. The molecule has 214 valence electrons. The lowest BCUT2D eigenvalue weighted by molar-refractivity contribution is -0.126. The van der Waals surface area contributed by atoms with E-state index in [0.717, 1.165) is 71.4 Å². The molecule has 2 saturated carbocycles. The zero-order valence-electron chi connectivity index (χ0n) is 22.8. The number of carbonyl (C=O) groups excluding carboxylic acids is 1. The summed E-state index contributed by atoms with van der Waals surface area (Å²) < 4.78 is 28.3. The minimum Gasteiger partial charge on any atom is -0.355 e. The average Bonchev–Trinajstić information content (AvgIpc) is 3.30. The van der Waals surface area contributed by atoms with E-state index in [1.807, 2.05) is 0 Å². The van der Waals surface area contributed by atoms with E-state index in [0.29, 0.717) is 25.3 Å². The SMILES string of the molecule is CN(C)CCCN1C(CNC2CCCC(C(=O)NCC3C(F)CCCC3F)C2)NNC1C1CCNCN1. The highest BCUT2D eigenvalue weighted by Crippen LogP contribution is 2.30. The lowest BCUT2D eigenvalue weighted by Crippen LogP contribution is -2.59. The summed E-state index contributed by atoms with van der Waals surface area (Å²) in [4.78, 5) is 17.6. The summed E-state index contributed by atoms with van der Waals surface area (Å²) in [5.41, 5.74) is 7.06. The number of nitrogens with one attached hydrogen (secondary N) is 6. The number of alkyl halides is 2. The molecule has 9 nitrogen and oxygen atoms in total. The molecule has 4 aliphatic rings. The number of hydrazine groups is 1. The minimum absolute atomic E-state index is 0.0421. The van der Waals surface area contributed by atoms with Crippen LogP contribution >= 0.6 is 0 Å². The van der Waals surface area contributed by atoms with Gasteiger partial charge in [-0.05, 0) is 78.6 Å². The highest BCUT2D eigenvalue weighted by Gasteiger charge is 2.39. The topological polar surface area (TPSA) is 95.7 Å². The van der Waals surface area contributed by atoms with E-state index in [2.05, 4.69) is 56.0 Å². The van der Waals surface area contributed by atoms with Gasteiger partial charge in [-0.2, -0.15) is 0 Å². The summed E-state index contributed by atoms with van der Waals surface area (Å²) in [6, 6.07) is 0.654. The molecule has 2 aliphatic carbocycles. The summed E-state index contributed by atoms with van der Waals surface area (Å²) >= 11 is 0. The van der Waals surface area contributed by atoms with Crippen molar-refractivity contribution in [3.05, 3.63) is 0 Å². The van der Waals surface area contributed by atoms with Crippen LogP contribution < -0.4 is 32.1 Å². The summed E-state index contributed by atoms with van der Waals surface area (Å²) in [7, 11) is 4.23. The Bertz CT molecular complexity index is 687. The van der Waals surface area contributed by atoms with E-state index in [1.165, 1.54) is 0 Å². The number of hydrogen-bond acceptors (Lipinski definition) is 8. The second-order valence-corrected chi connectivity index (χ2v) is 11.8. The second-order valence-electron chi connectivity index (χ2n) is 11.8. The van der Waals surface area contributed by atoms with Gasteiger partial charge in [-0.15, -0.1) is 0 Å². The van der Waals surface area contributed by atoms with Crippen molar-refractivity contribution < 1.29 is 13.6 Å². The van der Waals surface area contributed by atoms with Crippen LogP contribution in [0.15, 0.2) is 0 Å². The second kappa shape index (κ2) is 14.4. The van der Waals surface area contributed by atoms with Crippen molar-refractivity contribution in [1.29, 1.82) is 0 Å². The molecule has 1 amide bonds. The smallest absolute Gasteiger partial charge is 0.223 e. The van der Waals surface area contributed by atoms with Gasteiger partial charge < -0.3 is 20.9 Å². The third-order valence-corrected chi connectivity index (χ3v) is 8.73. The standard InChI is InChI=1S/C26H50F2N8O/c1-35(2)12-5-13-36-24(33-34-25(36)23-10-11-29-17-32-23)16-30-19-7-3-6-18(14-19)26(37)31-15-20-21(27)8-4-9-22(20)28/h18-25,29-30,32-34H,3-17H2,1-2H3,(H,31,37).